The Bertz CT molecular complexity index is 160. The molecule has 0 saturated carbocycles. The van der Waals surface area contributed by atoms with Crippen molar-refractivity contribution in [2.45, 2.75) is 78.4 Å². The van der Waals surface area contributed by atoms with Crippen molar-refractivity contribution in [2.75, 3.05) is 0 Å². The van der Waals surface area contributed by atoms with Gasteiger partial charge in [-0.05, 0) is 25.7 Å². The van der Waals surface area contributed by atoms with E-state index < -0.39 is 5.79 Å². The molecule has 2 N–H and O–H groups in total. The molecule has 2 nitrogen and oxygen atoms in total. The lowest BCUT2D eigenvalue weighted by Gasteiger charge is -2.43. The van der Waals surface area contributed by atoms with Crippen LogP contribution >= 0.6 is 0 Å². The normalized spacial score (nSPS) is 13.2. The molecule has 0 spiro atoms. The summed E-state index contributed by atoms with van der Waals surface area (Å²) in [6.07, 6.45) is 6.00. The summed E-state index contributed by atoms with van der Waals surface area (Å²) in [6.45, 7) is 8.31. The highest BCUT2D eigenvalue weighted by Gasteiger charge is 2.45. The largest absolute Gasteiger partial charge is 0.365 e. The van der Waals surface area contributed by atoms with Crippen molar-refractivity contribution in [2.24, 2.45) is 5.41 Å². The first-order valence-corrected chi connectivity index (χ1v) is 6.44. The molecule has 0 rings (SSSR count). The highest BCUT2D eigenvalue weighted by molar-refractivity contribution is 4.89. The second-order valence-corrected chi connectivity index (χ2v) is 4.66. The third kappa shape index (κ3) is 3.46. The molecule has 0 aromatic carbocycles. The second kappa shape index (κ2) is 6.49. The van der Waals surface area contributed by atoms with Crippen molar-refractivity contribution >= 4 is 0 Å². The molecule has 0 fully saturated rings. The third-order valence-corrected chi connectivity index (χ3v) is 3.81. The lowest BCUT2D eigenvalue weighted by Crippen LogP contribution is -2.47. The minimum atomic E-state index is -1.48. The second-order valence-electron chi connectivity index (χ2n) is 4.66. The summed E-state index contributed by atoms with van der Waals surface area (Å²) in [4.78, 5) is 0. The van der Waals surface area contributed by atoms with Crippen LogP contribution in [0.1, 0.15) is 72.6 Å². The Hall–Kier alpha value is -0.0800. The molecule has 15 heavy (non-hydrogen) atoms. The van der Waals surface area contributed by atoms with Gasteiger partial charge in [0.05, 0.1) is 0 Å². The zero-order valence-corrected chi connectivity index (χ0v) is 10.8. The third-order valence-electron chi connectivity index (χ3n) is 3.81. The quantitative estimate of drug-likeness (QED) is 0.610. The summed E-state index contributed by atoms with van der Waals surface area (Å²) in [5.74, 6) is -1.48. The van der Waals surface area contributed by atoms with Gasteiger partial charge in [0.15, 0.2) is 5.79 Å². The average Bonchev–Trinajstić information content (AvgIpc) is 2.23. The van der Waals surface area contributed by atoms with Gasteiger partial charge < -0.3 is 10.2 Å². The molecule has 0 aromatic heterocycles. The molecule has 0 unspecified atom stereocenters. The van der Waals surface area contributed by atoms with Crippen molar-refractivity contribution in [1.82, 2.24) is 0 Å². The molecule has 0 radical (unpaired) electrons. The fourth-order valence-corrected chi connectivity index (χ4v) is 2.54. The van der Waals surface area contributed by atoms with Gasteiger partial charge in [0.1, 0.15) is 0 Å². The Morgan fingerprint density at radius 3 is 1.67 bits per heavy atom. The number of hydrogen-bond donors (Lipinski definition) is 2. The molecule has 0 aliphatic carbocycles. The summed E-state index contributed by atoms with van der Waals surface area (Å²) >= 11 is 0. The van der Waals surface area contributed by atoms with Crippen LogP contribution in [0.3, 0.4) is 0 Å². The van der Waals surface area contributed by atoms with E-state index in [1.165, 1.54) is 0 Å². The first-order valence-electron chi connectivity index (χ1n) is 6.44. The Labute approximate surface area is 94.7 Å². The summed E-state index contributed by atoms with van der Waals surface area (Å²) in [5, 5.41) is 20.5. The maximum atomic E-state index is 10.2. The molecule has 2 heteroatoms. The number of rotatable bonds is 8. The fourth-order valence-electron chi connectivity index (χ4n) is 2.54. The molecule has 0 aliphatic rings. The van der Waals surface area contributed by atoms with Crippen LogP contribution in [-0.4, -0.2) is 16.0 Å². The van der Waals surface area contributed by atoms with Crippen molar-refractivity contribution < 1.29 is 10.2 Å². The molecule has 0 amide bonds. The zero-order chi connectivity index (χ0) is 11.9. The summed E-state index contributed by atoms with van der Waals surface area (Å²) in [5.41, 5.74) is -0.309. The lowest BCUT2D eigenvalue weighted by molar-refractivity contribution is -0.253. The maximum Gasteiger partial charge on any atom is 0.168 e. The monoisotopic (exact) mass is 216 g/mol. The Kier molecular flexibility index (Phi) is 6.46. The number of unbranched alkanes of at least 4 members (excludes halogenated alkanes) is 1. The fraction of sp³-hybridized carbons (Fsp3) is 1.00. The van der Waals surface area contributed by atoms with E-state index in [9.17, 15) is 10.2 Å². The van der Waals surface area contributed by atoms with Crippen molar-refractivity contribution in [3.63, 3.8) is 0 Å². The molecule has 0 aliphatic heterocycles. The van der Waals surface area contributed by atoms with Gasteiger partial charge in [0.25, 0.3) is 0 Å². The van der Waals surface area contributed by atoms with Crippen molar-refractivity contribution in [3.05, 3.63) is 0 Å². The van der Waals surface area contributed by atoms with Crippen molar-refractivity contribution in [3.8, 4) is 0 Å². The topological polar surface area (TPSA) is 40.5 Å². The van der Waals surface area contributed by atoms with E-state index in [2.05, 4.69) is 27.7 Å². The van der Waals surface area contributed by atoms with Gasteiger partial charge in [0, 0.05) is 11.8 Å². The molecule has 0 aromatic rings. The van der Waals surface area contributed by atoms with E-state index in [-0.39, 0.29) is 5.41 Å². The van der Waals surface area contributed by atoms with Gasteiger partial charge in [-0.2, -0.15) is 0 Å². The molecule has 92 valence electrons. The zero-order valence-electron chi connectivity index (χ0n) is 10.8. The van der Waals surface area contributed by atoms with Gasteiger partial charge in [-0.1, -0.05) is 40.5 Å². The van der Waals surface area contributed by atoms with Crippen LogP contribution in [0.15, 0.2) is 0 Å². The SMILES string of the molecule is CCCCC(O)(O)C(CC)(CC)CCC. The van der Waals surface area contributed by atoms with Crippen LogP contribution in [0.5, 0.6) is 0 Å². The van der Waals surface area contributed by atoms with E-state index in [1.54, 1.807) is 0 Å². The van der Waals surface area contributed by atoms with Gasteiger partial charge >= 0.3 is 0 Å². The van der Waals surface area contributed by atoms with E-state index in [0.717, 1.165) is 38.5 Å². The van der Waals surface area contributed by atoms with Gasteiger partial charge in [-0.15, -0.1) is 0 Å². The van der Waals surface area contributed by atoms with Gasteiger partial charge in [0.2, 0.25) is 0 Å². The molecule has 0 heterocycles. The minimum Gasteiger partial charge on any atom is -0.365 e. The smallest absolute Gasteiger partial charge is 0.168 e. The molecule has 0 saturated heterocycles. The maximum absolute atomic E-state index is 10.2. The van der Waals surface area contributed by atoms with Crippen LogP contribution in [0, 0.1) is 5.41 Å². The highest BCUT2D eigenvalue weighted by Crippen LogP contribution is 2.43. The molecule has 0 bridgehead atoms. The van der Waals surface area contributed by atoms with E-state index in [1.807, 2.05) is 0 Å². The average molecular weight is 216 g/mol. The summed E-state index contributed by atoms with van der Waals surface area (Å²) in [7, 11) is 0. The first kappa shape index (κ1) is 14.9. The Morgan fingerprint density at radius 1 is 0.800 bits per heavy atom. The molecule has 0 atom stereocenters. The number of aliphatic hydroxyl groups is 2. The van der Waals surface area contributed by atoms with Gasteiger partial charge in [-0.3, -0.25) is 0 Å². The standard InChI is InChI=1S/C13H28O2/c1-5-9-11-13(14,15)12(7-3,8-4)10-6-2/h14-15H,5-11H2,1-4H3. The van der Waals surface area contributed by atoms with Crippen LogP contribution in [0.25, 0.3) is 0 Å². The van der Waals surface area contributed by atoms with Gasteiger partial charge in [-0.25, -0.2) is 0 Å². The van der Waals surface area contributed by atoms with E-state index in [0.29, 0.717) is 6.42 Å². The van der Waals surface area contributed by atoms with Crippen molar-refractivity contribution in [1.29, 1.82) is 0 Å². The number of hydrogen-bond acceptors (Lipinski definition) is 2. The molecular weight excluding hydrogens is 188 g/mol. The van der Waals surface area contributed by atoms with Crippen LogP contribution in [0.2, 0.25) is 0 Å². The predicted molar refractivity (Wildman–Crippen MR) is 64.6 cm³/mol. The minimum absolute atomic E-state index is 0.309. The lowest BCUT2D eigenvalue weighted by atomic mass is 9.69. The van der Waals surface area contributed by atoms with Crippen LogP contribution in [-0.2, 0) is 0 Å². The van der Waals surface area contributed by atoms with Crippen LogP contribution in [0.4, 0.5) is 0 Å². The summed E-state index contributed by atoms with van der Waals surface area (Å²) < 4.78 is 0. The Balaban J connectivity index is 4.69. The highest BCUT2D eigenvalue weighted by atomic mass is 16.5. The Morgan fingerprint density at radius 2 is 1.33 bits per heavy atom. The predicted octanol–water partition coefficient (Wildman–Crippen LogP) is 3.46. The van der Waals surface area contributed by atoms with E-state index >= 15 is 0 Å². The first-order chi connectivity index (χ1) is 6.99. The summed E-state index contributed by atoms with van der Waals surface area (Å²) in [6, 6.07) is 0. The van der Waals surface area contributed by atoms with Crippen LogP contribution < -0.4 is 0 Å². The molecular formula is C13H28O2. The van der Waals surface area contributed by atoms with E-state index in [4.69, 9.17) is 0 Å².